The number of likely N-dealkylation sites (tertiary alicyclic amines) is 1. The van der Waals surface area contributed by atoms with Crippen molar-refractivity contribution in [3.63, 3.8) is 0 Å². The minimum atomic E-state index is -0.422. The zero-order valence-corrected chi connectivity index (χ0v) is 13.5. The van der Waals surface area contributed by atoms with Crippen LogP contribution in [-0.2, 0) is 4.79 Å². The SMILES string of the molecule is CNC1CCCN(C(C)C(=O)NC(=O)NC(C)C)C1.Cl. The summed E-state index contributed by atoms with van der Waals surface area (Å²) in [5.74, 6) is -0.241. The van der Waals surface area contributed by atoms with Crippen LogP contribution in [0.1, 0.15) is 33.6 Å². The molecule has 0 aromatic rings. The highest BCUT2D eigenvalue weighted by Crippen LogP contribution is 2.12. The van der Waals surface area contributed by atoms with Gasteiger partial charge in [-0.2, -0.15) is 0 Å². The number of rotatable bonds is 4. The van der Waals surface area contributed by atoms with Crippen molar-refractivity contribution in [3.8, 4) is 0 Å². The quantitative estimate of drug-likeness (QED) is 0.715. The molecule has 0 aromatic carbocycles. The lowest BCUT2D eigenvalue weighted by atomic mass is 10.0. The zero-order chi connectivity index (χ0) is 14.4. The highest BCUT2D eigenvalue weighted by Gasteiger charge is 2.27. The molecule has 2 atom stereocenters. The second-order valence-corrected chi connectivity index (χ2v) is 5.42. The second kappa shape index (κ2) is 9.15. The van der Waals surface area contributed by atoms with Gasteiger partial charge in [0.15, 0.2) is 0 Å². The van der Waals surface area contributed by atoms with Gasteiger partial charge in [0.2, 0.25) is 5.91 Å². The molecule has 1 aliphatic rings. The number of piperidine rings is 1. The van der Waals surface area contributed by atoms with E-state index in [-0.39, 0.29) is 30.4 Å². The monoisotopic (exact) mass is 306 g/mol. The Bertz CT molecular complexity index is 325. The topological polar surface area (TPSA) is 73.5 Å². The number of urea groups is 1. The Hall–Kier alpha value is -0.850. The van der Waals surface area contributed by atoms with Crippen LogP contribution in [-0.4, -0.2) is 55.1 Å². The summed E-state index contributed by atoms with van der Waals surface area (Å²) in [6, 6.07) is -0.261. The summed E-state index contributed by atoms with van der Waals surface area (Å²) < 4.78 is 0. The van der Waals surface area contributed by atoms with Crippen LogP contribution in [0.4, 0.5) is 4.79 Å². The molecule has 1 rings (SSSR count). The highest BCUT2D eigenvalue weighted by molar-refractivity contribution is 5.96. The number of hydrogen-bond donors (Lipinski definition) is 3. The molecule has 0 saturated carbocycles. The van der Waals surface area contributed by atoms with Crippen molar-refractivity contribution in [1.82, 2.24) is 20.9 Å². The van der Waals surface area contributed by atoms with Gasteiger partial charge in [0.1, 0.15) is 0 Å². The molecule has 0 bridgehead atoms. The molecule has 3 amide bonds. The van der Waals surface area contributed by atoms with Crippen LogP contribution in [0.25, 0.3) is 0 Å². The van der Waals surface area contributed by atoms with E-state index < -0.39 is 6.03 Å². The van der Waals surface area contributed by atoms with E-state index >= 15 is 0 Å². The molecule has 118 valence electrons. The van der Waals surface area contributed by atoms with Gasteiger partial charge < -0.3 is 10.6 Å². The summed E-state index contributed by atoms with van der Waals surface area (Å²) in [6.45, 7) is 7.30. The minimum absolute atomic E-state index is 0. The molecule has 0 radical (unpaired) electrons. The Morgan fingerprint density at radius 1 is 1.25 bits per heavy atom. The number of hydrogen-bond acceptors (Lipinski definition) is 4. The van der Waals surface area contributed by atoms with Gasteiger partial charge in [0, 0.05) is 18.6 Å². The van der Waals surface area contributed by atoms with E-state index in [9.17, 15) is 9.59 Å². The standard InChI is InChI=1S/C13H26N4O2.ClH/c1-9(2)15-13(19)16-12(18)10(3)17-7-5-6-11(8-17)14-4;/h9-11,14H,5-8H2,1-4H3,(H2,15,16,18,19);1H. The number of amides is 3. The van der Waals surface area contributed by atoms with Crippen molar-refractivity contribution in [2.24, 2.45) is 0 Å². The Kier molecular flexibility index (Phi) is 8.76. The van der Waals surface area contributed by atoms with Crippen molar-refractivity contribution in [2.45, 2.75) is 51.7 Å². The third-order valence-corrected chi connectivity index (χ3v) is 3.44. The predicted octanol–water partition coefficient (Wildman–Crippen LogP) is 0.715. The van der Waals surface area contributed by atoms with E-state index in [4.69, 9.17) is 0 Å². The van der Waals surface area contributed by atoms with E-state index in [0.717, 1.165) is 25.9 Å². The number of halogens is 1. The van der Waals surface area contributed by atoms with Gasteiger partial charge in [-0.15, -0.1) is 12.4 Å². The average Bonchev–Trinajstić information content (AvgIpc) is 2.36. The van der Waals surface area contributed by atoms with E-state index in [2.05, 4.69) is 20.9 Å². The normalized spacial score (nSPS) is 20.9. The number of carbonyl (C=O) groups excluding carboxylic acids is 2. The van der Waals surface area contributed by atoms with E-state index in [0.29, 0.717) is 6.04 Å². The fourth-order valence-electron chi connectivity index (χ4n) is 2.27. The number of carbonyl (C=O) groups is 2. The first-order valence-corrected chi connectivity index (χ1v) is 6.96. The van der Waals surface area contributed by atoms with Crippen molar-refractivity contribution in [3.05, 3.63) is 0 Å². The van der Waals surface area contributed by atoms with Crippen LogP contribution < -0.4 is 16.0 Å². The van der Waals surface area contributed by atoms with Crippen molar-refractivity contribution in [2.75, 3.05) is 20.1 Å². The van der Waals surface area contributed by atoms with Crippen LogP contribution in [0.3, 0.4) is 0 Å². The van der Waals surface area contributed by atoms with E-state index in [1.807, 2.05) is 27.8 Å². The molecule has 1 fully saturated rings. The molecule has 6 nitrogen and oxygen atoms in total. The lowest BCUT2D eigenvalue weighted by molar-refractivity contribution is -0.125. The lowest BCUT2D eigenvalue weighted by Crippen LogP contribution is -2.55. The van der Waals surface area contributed by atoms with Crippen LogP contribution in [0.15, 0.2) is 0 Å². The van der Waals surface area contributed by atoms with Crippen molar-refractivity contribution >= 4 is 24.3 Å². The summed E-state index contributed by atoms with van der Waals surface area (Å²) in [6.07, 6.45) is 2.20. The smallest absolute Gasteiger partial charge is 0.321 e. The minimum Gasteiger partial charge on any atom is -0.336 e. The molecule has 0 aliphatic carbocycles. The Morgan fingerprint density at radius 3 is 2.45 bits per heavy atom. The number of imide groups is 1. The zero-order valence-electron chi connectivity index (χ0n) is 12.7. The summed E-state index contributed by atoms with van der Waals surface area (Å²) in [7, 11) is 1.94. The van der Waals surface area contributed by atoms with Crippen LogP contribution in [0, 0.1) is 0 Å². The largest absolute Gasteiger partial charge is 0.336 e. The van der Waals surface area contributed by atoms with Gasteiger partial charge in [-0.1, -0.05) is 0 Å². The van der Waals surface area contributed by atoms with Crippen molar-refractivity contribution < 1.29 is 9.59 Å². The predicted molar refractivity (Wildman–Crippen MR) is 82.2 cm³/mol. The van der Waals surface area contributed by atoms with Crippen LogP contribution in [0.5, 0.6) is 0 Å². The molecule has 7 heteroatoms. The molecule has 0 aromatic heterocycles. The molecule has 0 spiro atoms. The summed E-state index contributed by atoms with van der Waals surface area (Å²) in [5.41, 5.74) is 0. The van der Waals surface area contributed by atoms with Gasteiger partial charge in [0.05, 0.1) is 6.04 Å². The van der Waals surface area contributed by atoms with Gasteiger partial charge in [0.25, 0.3) is 0 Å². The number of nitrogens with zero attached hydrogens (tertiary/aromatic N) is 1. The first-order valence-electron chi connectivity index (χ1n) is 6.96. The summed E-state index contributed by atoms with van der Waals surface area (Å²) in [4.78, 5) is 25.6. The molecule has 2 unspecified atom stereocenters. The van der Waals surface area contributed by atoms with E-state index in [1.165, 1.54) is 0 Å². The summed E-state index contributed by atoms with van der Waals surface area (Å²) >= 11 is 0. The number of nitrogens with one attached hydrogen (secondary N) is 3. The molecular formula is C13H27ClN4O2. The Labute approximate surface area is 127 Å². The first kappa shape index (κ1) is 19.1. The van der Waals surface area contributed by atoms with Gasteiger partial charge in [-0.3, -0.25) is 15.0 Å². The highest BCUT2D eigenvalue weighted by atomic mass is 35.5. The van der Waals surface area contributed by atoms with Crippen molar-refractivity contribution in [1.29, 1.82) is 0 Å². The molecule has 3 N–H and O–H groups in total. The Morgan fingerprint density at radius 2 is 1.90 bits per heavy atom. The molecular weight excluding hydrogens is 280 g/mol. The van der Waals surface area contributed by atoms with Gasteiger partial charge in [-0.25, -0.2) is 4.79 Å². The third-order valence-electron chi connectivity index (χ3n) is 3.44. The maximum absolute atomic E-state index is 12.0. The van der Waals surface area contributed by atoms with Crippen LogP contribution >= 0.6 is 12.4 Å². The molecule has 1 saturated heterocycles. The average molecular weight is 307 g/mol. The Balaban J connectivity index is 0.00000361. The first-order chi connectivity index (χ1) is 8.93. The molecule has 1 heterocycles. The second-order valence-electron chi connectivity index (χ2n) is 5.42. The maximum atomic E-state index is 12.0. The van der Waals surface area contributed by atoms with Gasteiger partial charge in [-0.05, 0) is 47.2 Å². The fraction of sp³-hybridized carbons (Fsp3) is 0.846. The number of likely N-dealkylation sites (N-methyl/N-ethyl adjacent to an activating group) is 1. The molecule has 1 aliphatic heterocycles. The van der Waals surface area contributed by atoms with E-state index in [1.54, 1.807) is 0 Å². The lowest BCUT2D eigenvalue weighted by Gasteiger charge is -2.35. The van der Waals surface area contributed by atoms with Gasteiger partial charge >= 0.3 is 6.03 Å². The fourth-order valence-corrected chi connectivity index (χ4v) is 2.27. The maximum Gasteiger partial charge on any atom is 0.321 e. The molecule has 20 heavy (non-hydrogen) atoms. The third kappa shape index (κ3) is 6.07. The van der Waals surface area contributed by atoms with Crippen LogP contribution in [0.2, 0.25) is 0 Å². The summed E-state index contributed by atoms with van der Waals surface area (Å²) in [5, 5.41) is 8.28.